The van der Waals surface area contributed by atoms with E-state index in [-0.39, 0.29) is 24.5 Å². The van der Waals surface area contributed by atoms with Crippen LogP contribution in [0.5, 0.6) is 0 Å². The highest BCUT2D eigenvalue weighted by Crippen LogP contribution is 2.25. The molecule has 7 heteroatoms. The number of aromatic nitrogens is 1. The molecule has 0 saturated carbocycles. The monoisotopic (exact) mass is 600 g/mol. The van der Waals surface area contributed by atoms with E-state index >= 15 is 0 Å². The van der Waals surface area contributed by atoms with Crippen LogP contribution in [0, 0.1) is 13.8 Å². The van der Waals surface area contributed by atoms with E-state index in [4.69, 9.17) is 9.47 Å². The highest BCUT2D eigenvalue weighted by Gasteiger charge is 2.31. The zero-order valence-electron chi connectivity index (χ0n) is 27.2. The van der Waals surface area contributed by atoms with Gasteiger partial charge in [-0.2, -0.15) is 0 Å². The average Bonchev–Trinajstić information content (AvgIpc) is 3.35. The van der Waals surface area contributed by atoms with Gasteiger partial charge in [0.25, 0.3) is 0 Å². The molecule has 0 fully saturated rings. The number of amides is 1. The maximum atomic E-state index is 13.0. The van der Waals surface area contributed by atoms with Gasteiger partial charge in [-0.15, -0.1) is 0 Å². The summed E-state index contributed by atoms with van der Waals surface area (Å²) in [6.07, 6.45) is 7.24. The van der Waals surface area contributed by atoms with Crippen LogP contribution in [0.4, 0.5) is 0 Å². The number of carbonyl (C=O) groups excluding carboxylic acids is 3. The van der Waals surface area contributed by atoms with E-state index in [0.717, 1.165) is 30.7 Å². The van der Waals surface area contributed by atoms with Crippen LogP contribution in [0.15, 0.2) is 66.7 Å². The van der Waals surface area contributed by atoms with E-state index in [9.17, 15) is 14.4 Å². The fraction of sp³-hybridized carbons (Fsp3) is 0.432. The Balaban J connectivity index is 1.75. The first-order valence-corrected chi connectivity index (χ1v) is 15.6. The van der Waals surface area contributed by atoms with Crippen LogP contribution < -0.4 is 5.32 Å². The van der Waals surface area contributed by atoms with Crippen molar-refractivity contribution in [1.29, 1.82) is 0 Å². The molecule has 0 radical (unpaired) electrons. The summed E-state index contributed by atoms with van der Waals surface area (Å²) in [6, 6.07) is 20.9. The molecule has 1 heterocycles. The van der Waals surface area contributed by atoms with Gasteiger partial charge in [-0.3, -0.25) is 14.4 Å². The number of hydrogen-bond donors (Lipinski definition) is 1. The molecule has 0 aliphatic heterocycles. The van der Waals surface area contributed by atoms with E-state index in [2.05, 4.69) is 67.7 Å². The minimum Gasteiger partial charge on any atom is -0.463 e. The Hall–Kier alpha value is -4.13. The first-order chi connectivity index (χ1) is 21.0. The topological polar surface area (TPSA) is 86.6 Å². The number of benzene rings is 2. The Bertz CT molecular complexity index is 1420. The fourth-order valence-electron chi connectivity index (χ4n) is 5.26. The van der Waals surface area contributed by atoms with Gasteiger partial charge in [0.2, 0.25) is 5.91 Å². The van der Waals surface area contributed by atoms with E-state index in [1.165, 1.54) is 36.1 Å². The van der Waals surface area contributed by atoms with Gasteiger partial charge in [0.1, 0.15) is 6.61 Å². The SMILES string of the molecule is CC[C@@](CCc1ccc(/C(=C/CCc2ccc(C)cc2)OC(=O)CCCc2ccc(C)cc2)n1C)(COC(C)=O)NC(C)=O. The van der Waals surface area contributed by atoms with Crippen LogP contribution in [0.1, 0.15) is 86.5 Å². The molecule has 0 bridgehead atoms. The van der Waals surface area contributed by atoms with Crippen molar-refractivity contribution < 1.29 is 23.9 Å². The quantitative estimate of drug-likeness (QED) is 0.142. The molecule has 0 aliphatic carbocycles. The van der Waals surface area contributed by atoms with Crippen molar-refractivity contribution in [2.75, 3.05) is 6.61 Å². The van der Waals surface area contributed by atoms with E-state index in [1.807, 2.05) is 36.7 Å². The molecule has 1 amide bonds. The van der Waals surface area contributed by atoms with Gasteiger partial charge in [-0.05, 0) is 88.1 Å². The second-order valence-corrected chi connectivity index (χ2v) is 11.8. The summed E-state index contributed by atoms with van der Waals surface area (Å²) in [5.41, 5.74) is 6.04. The summed E-state index contributed by atoms with van der Waals surface area (Å²) in [4.78, 5) is 36.6. The van der Waals surface area contributed by atoms with Gasteiger partial charge in [0.15, 0.2) is 5.76 Å². The Morgan fingerprint density at radius 2 is 1.48 bits per heavy atom. The van der Waals surface area contributed by atoms with Crippen molar-refractivity contribution in [3.05, 3.63) is 100 Å². The van der Waals surface area contributed by atoms with Crippen molar-refractivity contribution in [3.63, 3.8) is 0 Å². The summed E-state index contributed by atoms with van der Waals surface area (Å²) in [6.45, 7) is 9.07. The molecule has 236 valence electrons. The molecule has 7 nitrogen and oxygen atoms in total. The predicted octanol–water partition coefficient (Wildman–Crippen LogP) is 6.96. The van der Waals surface area contributed by atoms with Gasteiger partial charge in [-0.25, -0.2) is 0 Å². The molecule has 1 N–H and O–H groups in total. The Morgan fingerprint density at radius 1 is 0.864 bits per heavy atom. The van der Waals surface area contributed by atoms with Crippen LogP contribution >= 0.6 is 0 Å². The third kappa shape index (κ3) is 10.9. The maximum absolute atomic E-state index is 13.0. The largest absolute Gasteiger partial charge is 0.463 e. The molecule has 1 atom stereocenters. The fourth-order valence-corrected chi connectivity index (χ4v) is 5.26. The predicted molar refractivity (Wildman–Crippen MR) is 175 cm³/mol. The molecule has 44 heavy (non-hydrogen) atoms. The Labute approximate surface area is 262 Å². The van der Waals surface area contributed by atoms with Crippen molar-refractivity contribution in [3.8, 4) is 0 Å². The molecule has 0 unspecified atom stereocenters. The molecular weight excluding hydrogens is 552 g/mol. The lowest BCUT2D eigenvalue weighted by Crippen LogP contribution is -2.51. The van der Waals surface area contributed by atoms with Gasteiger partial charge in [0, 0.05) is 33.0 Å². The summed E-state index contributed by atoms with van der Waals surface area (Å²) < 4.78 is 13.4. The Morgan fingerprint density at radius 3 is 2.05 bits per heavy atom. The number of nitrogens with one attached hydrogen (secondary N) is 1. The smallest absolute Gasteiger partial charge is 0.311 e. The third-order valence-electron chi connectivity index (χ3n) is 8.08. The van der Waals surface area contributed by atoms with Crippen LogP contribution in [0.3, 0.4) is 0 Å². The molecule has 3 rings (SSSR count). The van der Waals surface area contributed by atoms with Crippen molar-refractivity contribution in [2.24, 2.45) is 7.05 Å². The molecule has 0 saturated heterocycles. The van der Waals surface area contributed by atoms with Crippen LogP contribution in [0.2, 0.25) is 0 Å². The van der Waals surface area contributed by atoms with E-state index in [0.29, 0.717) is 37.9 Å². The van der Waals surface area contributed by atoms with Crippen molar-refractivity contribution in [1.82, 2.24) is 9.88 Å². The second kappa shape index (κ2) is 16.6. The zero-order chi connectivity index (χ0) is 32.1. The number of nitrogens with zero attached hydrogens (tertiary/aromatic N) is 1. The number of hydrogen-bond acceptors (Lipinski definition) is 5. The minimum atomic E-state index is -0.668. The lowest BCUT2D eigenvalue weighted by Gasteiger charge is -2.33. The van der Waals surface area contributed by atoms with Crippen LogP contribution in [0.25, 0.3) is 5.76 Å². The van der Waals surface area contributed by atoms with E-state index in [1.54, 1.807) is 0 Å². The number of allylic oxidation sites excluding steroid dienone is 1. The standard InChI is InChI=1S/C37H48N2O5/c1-7-37(38-29(4)40,26-43-30(5)41)25-24-33-22-23-34(39(33)6)35(12-8-10-31-18-14-27(2)15-19-31)44-36(42)13-9-11-32-20-16-28(3)17-21-32/h12,14-23H,7-11,13,24-26H2,1-6H3,(H,38,40)/b35-12-/t37-/m1/s1. The van der Waals surface area contributed by atoms with Gasteiger partial charge >= 0.3 is 11.9 Å². The lowest BCUT2D eigenvalue weighted by molar-refractivity contribution is -0.144. The number of ether oxygens (including phenoxy) is 2. The number of rotatable bonds is 16. The normalized spacial score (nSPS) is 12.8. The highest BCUT2D eigenvalue weighted by molar-refractivity contribution is 5.77. The summed E-state index contributed by atoms with van der Waals surface area (Å²) in [7, 11) is 1.96. The Kier molecular flexibility index (Phi) is 13.0. The third-order valence-corrected chi connectivity index (χ3v) is 8.08. The highest BCUT2D eigenvalue weighted by atomic mass is 16.5. The first-order valence-electron chi connectivity index (χ1n) is 15.6. The summed E-state index contributed by atoms with van der Waals surface area (Å²) in [5, 5.41) is 3.02. The summed E-state index contributed by atoms with van der Waals surface area (Å²) in [5.74, 6) is -0.247. The van der Waals surface area contributed by atoms with Crippen molar-refractivity contribution in [2.45, 2.75) is 91.5 Å². The number of esters is 2. The van der Waals surface area contributed by atoms with Crippen LogP contribution in [-0.2, 0) is 50.2 Å². The molecule has 0 aliphatic rings. The molecule has 3 aromatic rings. The number of aryl methyl sites for hydroxylation is 5. The first kappa shape index (κ1) is 34.4. The van der Waals surface area contributed by atoms with E-state index < -0.39 is 5.54 Å². The second-order valence-electron chi connectivity index (χ2n) is 11.8. The average molecular weight is 601 g/mol. The zero-order valence-corrected chi connectivity index (χ0v) is 27.2. The van der Waals surface area contributed by atoms with Crippen LogP contribution in [-0.4, -0.2) is 34.6 Å². The summed E-state index contributed by atoms with van der Waals surface area (Å²) >= 11 is 0. The lowest BCUT2D eigenvalue weighted by atomic mass is 9.90. The molecular formula is C37H48N2O5. The molecule has 1 aromatic heterocycles. The van der Waals surface area contributed by atoms with Gasteiger partial charge in [-0.1, -0.05) is 66.6 Å². The molecule has 2 aromatic carbocycles. The molecule has 0 spiro atoms. The van der Waals surface area contributed by atoms with Crippen molar-refractivity contribution >= 4 is 23.6 Å². The van der Waals surface area contributed by atoms with Gasteiger partial charge in [0.05, 0.1) is 11.2 Å². The van der Waals surface area contributed by atoms with Gasteiger partial charge < -0.3 is 19.4 Å². The maximum Gasteiger partial charge on any atom is 0.311 e. The number of carbonyl (C=O) groups is 3. The minimum absolute atomic E-state index is 0.111.